The summed E-state index contributed by atoms with van der Waals surface area (Å²) in [6, 6.07) is 6.39. The average Bonchev–Trinajstić information content (AvgIpc) is 4.02. The Labute approximate surface area is 415 Å². The molecule has 0 aliphatic carbocycles. The average molecular weight is 996 g/mol. The number of aliphatic imine (C=N–C) groups is 1. The number of carbonyl (C=O) groups is 9. The van der Waals surface area contributed by atoms with Crippen LogP contribution in [0.15, 0.2) is 78.3 Å². The van der Waals surface area contributed by atoms with Crippen LogP contribution in [-0.2, 0) is 62.4 Å². The van der Waals surface area contributed by atoms with Crippen LogP contribution in [0.25, 0.3) is 10.9 Å². The number of hydrogen-bond acceptors (Lipinski definition) is 11. The molecule has 5 rings (SSSR count). The molecular formula is C48H65N15O9. The molecule has 0 saturated carbocycles. The number of hydrogen-bond donors (Lipinski definition) is 13. The Morgan fingerprint density at radius 1 is 0.792 bits per heavy atom. The number of amides is 9. The van der Waals surface area contributed by atoms with Gasteiger partial charge in [0.1, 0.15) is 42.3 Å². The molecule has 2 aromatic heterocycles. The quantitative estimate of drug-likeness (QED) is 0.0275. The molecule has 1 aliphatic heterocycles. The highest BCUT2D eigenvalue weighted by Gasteiger charge is 2.35. The van der Waals surface area contributed by atoms with Crippen LogP contribution in [0.2, 0.25) is 0 Å². The van der Waals surface area contributed by atoms with E-state index in [4.69, 9.17) is 17.2 Å². The van der Waals surface area contributed by atoms with Crippen molar-refractivity contribution in [1.29, 1.82) is 0 Å². The van der Waals surface area contributed by atoms with Gasteiger partial charge in [-0.05, 0) is 42.9 Å². The summed E-state index contributed by atoms with van der Waals surface area (Å²) in [4.78, 5) is 138. The largest absolute Gasteiger partial charge is 0.370 e. The molecule has 2 aromatic carbocycles. The fourth-order valence-corrected chi connectivity index (χ4v) is 8.01. The van der Waals surface area contributed by atoms with Gasteiger partial charge >= 0.3 is 0 Å². The highest BCUT2D eigenvalue weighted by Crippen LogP contribution is 2.19. The lowest BCUT2D eigenvalue weighted by Crippen LogP contribution is -2.62. The number of H-pyrrole nitrogens is 2. The van der Waals surface area contributed by atoms with Crippen molar-refractivity contribution in [1.82, 2.24) is 57.5 Å². The highest BCUT2D eigenvalue weighted by molar-refractivity contribution is 5.98. The lowest BCUT2D eigenvalue weighted by atomic mass is 10.0. The van der Waals surface area contributed by atoms with E-state index in [2.05, 4.69) is 62.5 Å². The number of nitrogens with two attached hydrogens (primary N) is 3. The van der Waals surface area contributed by atoms with Crippen molar-refractivity contribution in [3.8, 4) is 0 Å². The van der Waals surface area contributed by atoms with Gasteiger partial charge in [-0.3, -0.25) is 48.1 Å². The summed E-state index contributed by atoms with van der Waals surface area (Å²) >= 11 is 0. The Morgan fingerprint density at radius 3 is 2.15 bits per heavy atom. The van der Waals surface area contributed by atoms with Crippen LogP contribution >= 0.6 is 0 Å². The van der Waals surface area contributed by atoms with Crippen LogP contribution in [0, 0.1) is 0 Å². The van der Waals surface area contributed by atoms with Gasteiger partial charge in [-0.15, -0.1) is 0 Å². The number of aromatic amines is 2. The number of rotatable bonds is 19. The highest BCUT2D eigenvalue weighted by atomic mass is 16.2. The molecule has 386 valence electrons. The molecule has 0 bridgehead atoms. The molecule has 9 amide bonds. The molecule has 16 N–H and O–H groups in total. The fraction of sp³-hybridized carbons (Fsp3) is 0.438. The zero-order valence-corrected chi connectivity index (χ0v) is 40.3. The van der Waals surface area contributed by atoms with Gasteiger partial charge in [-0.25, -0.2) is 4.98 Å². The third-order valence-corrected chi connectivity index (χ3v) is 11.8. The van der Waals surface area contributed by atoms with Gasteiger partial charge in [0.2, 0.25) is 53.2 Å². The lowest BCUT2D eigenvalue weighted by molar-refractivity contribution is -0.136. The van der Waals surface area contributed by atoms with E-state index in [9.17, 15) is 43.2 Å². The van der Waals surface area contributed by atoms with Crippen molar-refractivity contribution in [2.45, 2.75) is 120 Å². The molecule has 1 unspecified atom stereocenters. The lowest BCUT2D eigenvalue weighted by Gasteiger charge is -2.28. The number of para-hydroxylation sites is 1. The number of guanidine groups is 1. The first-order valence-corrected chi connectivity index (χ1v) is 23.8. The molecule has 24 heteroatoms. The first-order valence-electron chi connectivity index (χ1n) is 23.8. The number of benzene rings is 2. The van der Waals surface area contributed by atoms with Gasteiger partial charge in [0.05, 0.1) is 6.33 Å². The molecule has 24 nitrogen and oxygen atoms in total. The van der Waals surface area contributed by atoms with E-state index in [0.717, 1.165) is 10.9 Å². The summed E-state index contributed by atoms with van der Waals surface area (Å²) in [5.74, 6) is -7.41. The standard InChI is InChI=1S/C48H65N15O9/c1-3-4-14-33(57-27(2)64)42(67)59-35-17-18-40(65)55-25-39(47(72)60-36(41(49)66)21-29-23-54-32-15-9-8-13-31(29)32)63-43(68)34(16-10-19-53-48(50)51)58-45(70)37(20-28-11-6-5-7-12-28)61-46(71)38(62-44(35)69)22-30-24-52-26-56-30/h5-9,11-13,15,23-24,26,33-39,54H,3-4,10,14,16-22,25H2,1-2H3,(H2,49,66)(H,52,56)(H,55,65)(H,57,64)(H,58,70)(H,59,67)(H,60,72)(H,61,71)(H,62,69)(H,63,68)(H4,50,51,53)/t33-,34?,35-,36-,37+,38-,39-/m0/s1. The zero-order chi connectivity index (χ0) is 52.2. The Kier molecular flexibility index (Phi) is 20.6. The molecule has 72 heavy (non-hydrogen) atoms. The maximum Gasteiger partial charge on any atom is 0.245 e. The van der Waals surface area contributed by atoms with E-state index >= 15 is 0 Å². The second-order valence-corrected chi connectivity index (χ2v) is 17.5. The normalized spacial score (nSPS) is 20.1. The molecule has 1 saturated heterocycles. The number of nitrogens with one attached hydrogen (secondary N) is 10. The predicted molar refractivity (Wildman–Crippen MR) is 265 cm³/mol. The maximum atomic E-state index is 14.5. The Morgan fingerprint density at radius 2 is 1.47 bits per heavy atom. The van der Waals surface area contributed by atoms with Crippen molar-refractivity contribution >= 4 is 70.0 Å². The molecule has 0 spiro atoms. The monoisotopic (exact) mass is 996 g/mol. The van der Waals surface area contributed by atoms with E-state index in [0.29, 0.717) is 29.7 Å². The SMILES string of the molecule is CCCC[C@H](NC(C)=O)C(=O)N[C@H]1CCC(=O)NC[C@@H](C(=O)N[C@@H](Cc2c[nH]c3ccccc23)C(N)=O)NC(=O)C(CCCN=C(N)N)NC(=O)[C@@H](Cc2ccccc2)NC(=O)[C@H](Cc2cnc[nH]2)NC1=O. The second-order valence-electron chi connectivity index (χ2n) is 17.5. The second kappa shape index (κ2) is 27.2. The van der Waals surface area contributed by atoms with Gasteiger partial charge in [0, 0.05) is 74.7 Å². The third kappa shape index (κ3) is 17.0. The van der Waals surface area contributed by atoms with Crippen molar-refractivity contribution < 1.29 is 43.2 Å². The van der Waals surface area contributed by atoms with E-state index in [1.165, 1.54) is 19.4 Å². The predicted octanol–water partition coefficient (Wildman–Crippen LogP) is -2.03. The molecule has 0 radical (unpaired) electrons. The minimum Gasteiger partial charge on any atom is -0.370 e. The number of aromatic nitrogens is 3. The molecule has 1 aliphatic rings. The van der Waals surface area contributed by atoms with Crippen LogP contribution in [-0.4, -0.2) is 129 Å². The first kappa shape index (κ1) is 54.6. The Bertz CT molecular complexity index is 2550. The van der Waals surface area contributed by atoms with Crippen LogP contribution in [0.5, 0.6) is 0 Å². The molecule has 7 atom stereocenters. The molecular weight excluding hydrogens is 931 g/mol. The smallest absolute Gasteiger partial charge is 0.245 e. The third-order valence-electron chi connectivity index (χ3n) is 11.8. The number of carbonyl (C=O) groups excluding carboxylic acids is 9. The topological polar surface area (TPSA) is 385 Å². The van der Waals surface area contributed by atoms with Crippen LogP contribution in [0.3, 0.4) is 0 Å². The van der Waals surface area contributed by atoms with Gasteiger partial charge in [-0.2, -0.15) is 0 Å². The molecule has 3 heterocycles. The summed E-state index contributed by atoms with van der Waals surface area (Å²) in [5.41, 5.74) is 19.4. The zero-order valence-electron chi connectivity index (χ0n) is 40.3. The molecule has 1 fully saturated rings. The number of unbranched alkanes of at least 4 members (excludes halogenated alkanes) is 1. The van der Waals surface area contributed by atoms with E-state index < -0.39 is 108 Å². The summed E-state index contributed by atoms with van der Waals surface area (Å²) in [5, 5.41) is 22.0. The fourth-order valence-electron chi connectivity index (χ4n) is 8.01. The minimum atomic E-state index is -1.60. The molecule has 4 aromatic rings. The number of primary amides is 1. The van der Waals surface area contributed by atoms with Crippen LogP contribution < -0.4 is 59.7 Å². The van der Waals surface area contributed by atoms with Gasteiger partial charge in [-0.1, -0.05) is 68.3 Å². The number of nitrogens with zero attached hydrogens (tertiary/aromatic N) is 2. The van der Waals surface area contributed by atoms with Crippen molar-refractivity contribution in [3.63, 3.8) is 0 Å². The van der Waals surface area contributed by atoms with Crippen molar-refractivity contribution in [2.75, 3.05) is 13.1 Å². The minimum absolute atomic E-state index is 0.0450. The van der Waals surface area contributed by atoms with Crippen molar-refractivity contribution in [3.05, 3.63) is 90.1 Å². The van der Waals surface area contributed by atoms with Crippen LogP contribution in [0.4, 0.5) is 0 Å². The summed E-state index contributed by atoms with van der Waals surface area (Å²) in [7, 11) is 0. The first-order chi connectivity index (χ1) is 34.5. The van der Waals surface area contributed by atoms with E-state index in [1.807, 2.05) is 25.1 Å². The van der Waals surface area contributed by atoms with Gasteiger partial charge in [0.25, 0.3) is 0 Å². The van der Waals surface area contributed by atoms with Gasteiger partial charge in [0.15, 0.2) is 5.96 Å². The summed E-state index contributed by atoms with van der Waals surface area (Å²) in [6.07, 6.45) is 4.93. The van der Waals surface area contributed by atoms with Crippen molar-refractivity contribution in [2.24, 2.45) is 22.2 Å². The van der Waals surface area contributed by atoms with Crippen LogP contribution in [0.1, 0.15) is 75.6 Å². The summed E-state index contributed by atoms with van der Waals surface area (Å²) in [6.45, 7) is 2.62. The Hall–Kier alpha value is -8.31. The van der Waals surface area contributed by atoms with E-state index in [1.54, 1.807) is 42.6 Å². The van der Waals surface area contributed by atoms with E-state index in [-0.39, 0.29) is 57.5 Å². The number of fused-ring (bicyclic) bond motifs is 1. The Balaban J connectivity index is 1.53. The maximum absolute atomic E-state index is 14.5. The number of imidazole rings is 1. The van der Waals surface area contributed by atoms with Gasteiger partial charge < -0.3 is 69.7 Å². The summed E-state index contributed by atoms with van der Waals surface area (Å²) < 4.78 is 0.